The highest BCUT2D eigenvalue weighted by atomic mass is 16.5. The second-order valence-corrected chi connectivity index (χ2v) is 4.06. The van der Waals surface area contributed by atoms with Gasteiger partial charge in [0, 0.05) is 6.61 Å². The Balaban J connectivity index is 1.77. The van der Waals surface area contributed by atoms with Crippen LogP contribution < -0.4 is 5.32 Å². The zero-order valence-corrected chi connectivity index (χ0v) is 9.74. The minimum absolute atomic E-state index is 0.286. The Morgan fingerprint density at radius 2 is 2.44 bits per heavy atom. The third kappa shape index (κ3) is 3.02. The van der Waals surface area contributed by atoms with Crippen LogP contribution in [0.2, 0.25) is 0 Å². The number of ether oxygens (including phenoxy) is 1. The Morgan fingerprint density at radius 3 is 3.19 bits per heavy atom. The number of aromatic nitrogens is 2. The fraction of sp³-hybridized carbons (Fsp3) is 0.818. The van der Waals surface area contributed by atoms with Gasteiger partial charge in [-0.25, -0.2) is 0 Å². The standard InChI is InChI=1S/C11H19N3O2/c1-2-7-15-8-5-10-13-11(14-16-10)9-4-3-6-12-9/h9,12H,2-8H2,1H3. The number of nitrogens with one attached hydrogen (secondary N) is 1. The highest BCUT2D eigenvalue weighted by Crippen LogP contribution is 2.20. The van der Waals surface area contributed by atoms with E-state index in [0.717, 1.165) is 31.8 Å². The molecule has 90 valence electrons. The molecule has 0 radical (unpaired) electrons. The van der Waals surface area contributed by atoms with Gasteiger partial charge >= 0.3 is 0 Å². The normalized spacial score (nSPS) is 20.4. The largest absolute Gasteiger partial charge is 0.381 e. The zero-order chi connectivity index (χ0) is 11.2. The van der Waals surface area contributed by atoms with Crippen molar-refractivity contribution in [3.05, 3.63) is 11.7 Å². The smallest absolute Gasteiger partial charge is 0.229 e. The monoisotopic (exact) mass is 225 g/mol. The van der Waals surface area contributed by atoms with Gasteiger partial charge in [-0.2, -0.15) is 4.98 Å². The maximum absolute atomic E-state index is 5.38. The molecule has 1 fully saturated rings. The molecular formula is C11H19N3O2. The lowest BCUT2D eigenvalue weighted by Crippen LogP contribution is -2.14. The Kier molecular flexibility index (Phi) is 4.30. The molecule has 0 aromatic carbocycles. The van der Waals surface area contributed by atoms with E-state index in [9.17, 15) is 0 Å². The summed E-state index contributed by atoms with van der Waals surface area (Å²) >= 11 is 0. The minimum Gasteiger partial charge on any atom is -0.381 e. The van der Waals surface area contributed by atoms with Crippen LogP contribution in [0.25, 0.3) is 0 Å². The lowest BCUT2D eigenvalue weighted by molar-refractivity contribution is 0.132. The van der Waals surface area contributed by atoms with Crippen LogP contribution in [0.1, 0.15) is 43.9 Å². The summed E-state index contributed by atoms with van der Waals surface area (Å²) in [5.74, 6) is 1.47. The molecule has 0 aliphatic carbocycles. The van der Waals surface area contributed by atoms with Crippen molar-refractivity contribution in [1.82, 2.24) is 15.5 Å². The Bertz CT molecular complexity index is 308. The van der Waals surface area contributed by atoms with E-state index >= 15 is 0 Å². The average Bonchev–Trinajstić information content (AvgIpc) is 2.94. The van der Waals surface area contributed by atoms with Gasteiger partial charge in [0.15, 0.2) is 5.82 Å². The summed E-state index contributed by atoms with van der Waals surface area (Å²) in [6.45, 7) is 4.60. The number of hydrogen-bond acceptors (Lipinski definition) is 5. The number of hydrogen-bond donors (Lipinski definition) is 1. The molecule has 1 N–H and O–H groups in total. The molecule has 2 rings (SSSR count). The van der Waals surface area contributed by atoms with Crippen LogP contribution in [0.15, 0.2) is 4.52 Å². The van der Waals surface area contributed by atoms with Crippen molar-refractivity contribution in [2.24, 2.45) is 0 Å². The molecule has 0 saturated carbocycles. The second kappa shape index (κ2) is 5.96. The summed E-state index contributed by atoms with van der Waals surface area (Å²) in [6.07, 6.45) is 4.04. The van der Waals surface area contributed by atoms with Gasteiger partial charge in [0.2, 0.25) is 5.89 Å². The summed E-state index contributed by atoms with van der Waals surface area (Å²) in [4.78, 5) is 4.37. The summed E-state index contributed by atoms with van der Waals surface area (Å²) < 4.78 is 10.6. The van der Waals surface area contributed by atoms with E-state index < -0.39 is 0 Å². The topological polar surface area (TPSA) is 60.2 Å². The SMILES string of the molecule is CCCOCCc1nc(C2CCCN2)no1. The van der Waals surface area contributed by atoms with Crippen LogP contribution in [0.3, 0.4) is 0 Å². The van der Waals surface area contributed by atoms with Gasteiger partial charge in [-0.1, -0.05) is 12.1 Å². The zero-order valence-electron chi connectivity index (χ0n) is 9.74. The first kappa shape index (κ1) is 11.5. The third-order valence-electron chi connectivity index (χ3n) is 2.66. The van der Waals surface area contributed by atoms with Crippen molar-refractivity contribution in [3.8, 4) is 0 Å². The quantitative estimate of drug-likeness (QED) is 0.743. The van der Waals surface area contributed by atoms with Crippen molar-refractivity contribution < 1.29 is 9.26 Å². The van der Waals surface area contributed by atoms with Crippen LogP contribution in [0.5, 0.6) is 0 Å². The van der Waals surface area contributed by atoms with Crippen LogP contribution in [-0.4, -0.2) is 29.9 Å². The van der Waals surface area contributed by atoms with Crippen molar-refractivity contribution in [1.29, 1.82) is 0 Å². The van der Waals surface area contributed by atoms with E-state index in [1.807, 2.05) is 0 Å². The van der Waals surface area contributed by atoms with Gasteiger partial charge in [0.25, 0.3) is 0 Å². The molecular weight excluding hydrogens is 206 g/mol. The molecule has 1 aliphatic heterocycles. The van der Waals surface area contributed by atoms with Crippen LogP contribution in [0, 0.1) is 0 Å². The van der Waals surface area contributed by atoms with Crippen molar-refractivity contribution >= 4 is 0 Å². The lowest BCUT2D eigenvalue weighted by Gasteiger charge is -2.01. The van der Waals surface area contributed by atoms with E-state index in [0.29, 0.717) is 18.9 Å². The molecule has 1 aliphatic rings. The third-order valence-corrected chi connectivity index (χ3v) is 2.66. The fourth-order valence-corrected chi connectivity index (χ4v) is 1.82. The van der Waals surface area contributed by atoms with Gasteiger partial charge in [0.05, 0.1) is 19.1 Å². The highest BCUT2D eigenvalue weighted by Gasteiger charge is 2.21. The predicted molar refractivity (Wildman–Crippen MR) is 59.1 cm³/mol. The molecule has 0 bridgehead atoms. The predicted octanol–water partition coefficient (Wildman–Crippen LogP) is 1.46. The van der Waals surface area contributed by atoms with Gasteiger partial charge in [0.1, 0.15) is 0 Å². The molecule has 2 heterocycles. The summed E-state index contributed by atoms with van der Waals surface area (Å²) in [7, 11) is 0. The molecule has 1 atom stereocenters. The molecule has 16 heavy (non-hydrogen) atoms. The molecule has 1 aromatic heterocycles. The summed E-state index contributed by atoms with van der Waals surface area (Å²) in [5.41, 5.74) is 0. The maximum atomic E-state index is 5.38. The van der Waals surface area contributed by atoms with Crippen LogP contribution in [0.4, 0.5) is 0 Å². The van der Waals surface area contributed by atoms with Gasteiger partial charge < -0.3 is 14.6 Å². The van der Waals surface area contributed by atoms with E-state index in [1.165, 1.54) is 6.42 Å². The molecule has 1 unspecified atom stereocenters. The van der Waals surface area contributed by atoms with Gasteiger partial charge in [-0.3, -0.25) is 0 Å². The van der Waals surface area contributed by atoms with Crippen molar-refractivity contribution in [2.45, 2.75) is 38.6 Å². The first-order chi connectivity index (χ1) is 7.90. The Labute approximate surface area is 95.6 Å². The Hall–Kier alpha value is -0.940. The number of rotatable bonds is 6. The van der Waals surface area contributed by atoms with Crippen LogP contribution in [-0.2, 0) is 11.2 Å². The first-order valence-corrected chi connectivity index (χ1v) is 6.03. The van der Waals surface area contributed by atoms with Crippen molar-refractivity contribution in [2.75, 3.05) is 19.8 Å². The first-order valence-electron chi connectivity index (χ1n) is 6.03. The van der Waals surface area contributed by atoms with E-state index in [-0.39, 0.29) is 6.04 Å². The lowest BCUT2D eigenvalue weighted by atomic mass is 10.2. The molecule has 0 amide bonds. The minimum atomic E-state index is 0.286. The maximum Gasteiger partial charge on any atom is 0.229 e. The molecule has 1 aromatic rings. The van der Waals surface area contributed by atoms with Crippen LogP contribution >= 0.6 is 0 Å². The molecule has 1 saturated heterocycles. The highest BCUT2D eigenvalue weighted by molar-refractivity contribution is 4.96. The average molecular weight is 225 g/mol. The van der Waals surface area contributed by atoms with Crippen molar-refractivity contribution in [3.63, 3.8) is 0 Å². The Morgan fingerprint density at radius 1 is 1.50 bits per heavy atom. The number of nitrogens with zero attached hydrogens (tertiary/aromatic N) is 2. The molecule has 5 heteroatoms. The van der Waals surface area contributed by atoms with Gasteiger partial charge in [-0.05, 0) is 25.8 Å². The summed E-state index contributed by atoms with van der Waals surface area (Å²) in [6, 6.07) is 0.286. The van der Waals surface area contributed by atoms with E-state index in [1.54, 1.807) is 0 Å². The molecule has 0 spiro atoms. The summed E-state index contributed by atoms with van der Waals surface area (Å²) in [5, 5.41) is 7.34. The fourth-order valence-electron chi connectivity index (χ4n) is 1.82. The van der Waals surface area contributed by atoms with E-state index in [4.69, 9.17) is 9.26 Å². The molecule has 5 nitrogen and oxygen atoms in total. The second-order valence-electron chi connectivity index (χ2n) is 4.06. The van der Waals surface area contributed by atoms with Gasteiger partial charge in [-0.15, -0.1) is 0 Å². The van der Waals surface area contributed by atoms with E-state index in [2.05, 4.69) is 22.4 Å².